The van der Waals surface area contributed by atoms with Crippen LogP contribution in [0, 0.1) is 5.92 Å². The molecular weight excluding hydrogens is 194 g/mol. The molecule has 0 spiro atoms. The molecule has 0 aromatic heterocycles. The summed E-state index contributed by atoms with van der Waals surface area (Å²) in [4.78, 5) is 26.3. The lowest BCUT2D eigenvalue weighted by Crippen LogP contribution is -2.41. The molecule has 2 aliphatic heterocycles. The number of imide groups is 1. The van der Waals surface area contributed by atoms with Gasteiger partial charge in [-0.2, -0.15) is 0 Å². The smallest absolute Gasteiger partial charge is 0.324 e. The maximum atomic E-state index is 11.4. The lowest BCUT2D eigenvalue weighted by molar-refractivity contribution is -0.125. The van der Waals surface area contributed by atoms with Gasteiger partial charge in [0.25, 0.3) is 0 Å². The van der Waals surface area contributed by atoms with Gasteiger partial charge in [0.2, 0.25) is 5.91 Å². The Morgan fingerprint density at radius 1 is 1.47 bits per heavy atom. The summed E-state index contributed by atoms with van der Waals surface area (Å²) in [5.41, 5.74) is 0. The van der Waals surface area contributed by atoms with E-state index in [4.69, 9.17) is 0 Å². The minimum absolute atomic E-state index is 0.0896. The number of nitrogens with one attached hydrogen (secondary N) is 1. The summed E-state index contributed by atoms with van der Waals surface area (Å²) in [7, 11) is 2.08. The van der Waals surface area contributed by atoms with Crippen molar-refractivity contribution in [1.82, 2.24) is 15.1 Å². The molecule has 5 heteroatoms. The first kappa shape index (κ1) is 10.4. The van der Waals surface area contributed by atoms with Crippen molar-refractivity contribution in [2.45, 2.75) is 12.8 Å². The summed E-state index contributed by atoms with van der Waals surface area (Å²) in [5, 5.41) is 2.54. The van der Waals surface area contributed by atoms with Gasteiger partial charge in [0.1, 0.15) is 0 Å². The zero-order valence-electron chi connectivity index (χ0n) is 9.03. The van der Waals surface area contributed by atoms with Gasteiger partial charge in [0, 0.05) is 13.1 Å². The molecule has 2 rings (SSSR count). The Labute approximate surface area is 89.4 Å². The molecule has 1 N–H and O–H groups in total. The first-order valence-electron chi connectivity index (χ1n) is 5.43. The van der Waals surface area contributed by atoms with Crippen LogP contribution in [0.3, 0.4) is 0 Å². The summed E-state index contributed by atoms with van der Waals surface area (Å²) in [6.07, 6.45) is 2.27. The van der Waals surface area contributed by atoms with Gasteiger partial charge in [0.15, 0.2) is 0 Å². The Morgan fingerprint density at radius 3 is 2.87 bits per heavy atom. The molecule has 5 nitrogen and oxygen atoms in total. The predicted octanol–water partition coefficient (Wildman–Crippen LogP) is -0.120. The lowest BCUT2D eigenvalue weighted by atomic mass is 9.98. The highest BCUT2D eigenvalue weighted by molar-refractivity contribution is 6.01. The molecule has 0 aromatic rings. The number of carbonyl (C=O) groups is 2. The first-order valence-corrected chi connectivity index (χ1v) is 5.43. The minimum Gasteiger partial charge on any atom is -0.329 e. The van der Waals surface area contributed by atoms with Crippen LogP contribution in [0.15, 0.2) is 0 Å². The fraction of sp³-hybridized carbons (Fsp3) is 0.800. The molecule has 2 heterocycles. The van der Waals surface area contributed by atoms with E-state index in [1.54, 1.807) is 0 Å². The number of nitrogens with zero attached hydrogens (tertiary/aromatic N) is 2. The third kappa shape index (κ3) is 2.28. The summed E-state index contributed by atoms with van der Waals surface area (Å²) >= 11 is 0. The Hall–Kier alpha value is -1.10. The van der Waals surface area contributed by atoms with Crippen molar-refractivity contribution < 1.29 is 9.59 Å². The molecule has 0 aromatic carbocycles. The average Bonchev–Trinajstić information content (AvgIpc) is 2.50. The number of piperidine rings is 1. The number of urea groups is 1. The molecule has 1 atom stereocenters. The highest BCUT2D eigenvalue weighted by Gasteiger charge is 2.31. The fourth-order valence-electron chi connectivity index (χ4n) is 2.32. The zero-order chi connectivity index (χ0) is 10.8. The van der Waals surface area contributed by atoms with E-state index >= 15 is 0 Å². The monoisotopic (exact) mass is 211 g/mol. The molecule has 84 valence electrons. The quantitative estimate of drug-likeness (QED) is 0.648. The molecule has 0 aliphatic carbocycles. The second-order valence-electron chi connectivity index (χ2n) is 4.43. The third-order valence-corrected chi connectivity index (χ3v) is 3.10. The van der Waals surface area contributed by atoms with Crippen LogP contribution in [-0.4, -0.2) is 55.0 Å². The Bertz CT molecular complexity index is 264. The molecule has 0 radical (unpaired) electrons. The zero-order valence-corrected chi connectivity index (χ0v) is 9.03. The first-order chi connectivity index (χ1) is 7.16. The van der Waals surface area contributed by atoms with Crippen molar-refractivity contribution in [3.63, 3.8) is 0 Å². The van der Waals surface area contributed by atoms with Crippen LogP contribution >= 0.6 is 0 Å². The van der Waals surface area contributed by atoms with Crippen molar-refractivity contribution >= 4 is 11.9 Å². The fourth-order valence-corrected chi connectivity index (χ4v) is 2.32. The second-order valence-corrected chi connectivity index (χ2v) is 4.43. The normalized spacial score (nSPS) is 28.3. The Kier molecular flexibility index (Phi) is 2.90. The van der Waals surface area contributed by atoms with E-state index < -0.39 is 0 Å². The molecule has 15 heavy (non-hydrogen) atoms. The van der Waals surface area contributed by atoms with Gasteiger partial charge in [-0.25, -0.2) is 4.79 Å². The number of amides is 3. The third-order valence-electron chi connectivity index (χ3n) is 3.10. The van der Waals surface area contributed by atoms with Crippen molar-refractivity contribution in [2.75, 3.05) is 33.2 Å². The summed E-state index contributed by atoms with van der Waals surface area (Å²) in [6, 6.07) is -0.228. The summed E-state index contributed by atoms with van der Waals surface area (Å²) < 4.78 is 0. The minimum atomic E-state index is -0.228. The highest BCUT2D eigenvalue weighted by Crippen LogP contribution is 2.17. The van der Waals surface area contributed by atoms with E-state index in [1.807, 2.05) is 0 Å². The van der Waals surface area contributed by atoms with Crippen LogP contribution in [0.4, 0.5) is 4.79 Å². The molecule has 0 saturated carbocycles. The molecule has 2 aliphatic rings. The topological polar surface area (TPSA) is 52.6 Å². The number of hydrogen-bond donors (Lipinski definition) is 1. The Morgan fingerprint density at radius 2 is 2.27 bits per heavy atom. The predicted molar refractivity (Wildman–Crippen MR) is 55.3 cm³/mol. The number of rotatable bonds is 2. The van der Waals surface area contributed by atoms with Crippen LogP contribution < -0.4 is 5.32 Å². The van der Waals surface area contributed by atoms with Crippen LogP contribution in [-0.2, 0) is 4.79 Å². The molecule has 0 bridgehead atoms. The van der Waals surface area contributed by atoms with E-state index in [9.17, 15) is 9.59 Å². The van der Waals surface area contributed by atoms with Gasteiger partial charge < -0.3 is 10.2 Å². The number of carbonyl (C=O) groups excluding carboxylic acids is 2. The Balaban J connectivity index is 1.90. The van der Waals surface area contributed by atoms with Crippen LogP contribution in [0.2, 0.25) is 0 Å². The van der Waals surface area contributed by atoms with Crippen molar-refractivity contribution in [2.24, 2.45) is 5.92 Å². The maximum absolute atomic E-state index is 11.4. The van der Waals surface area contributed by atoms with Gasteiger partial charge in [0.05, 0.1) is 6.54 Å². The van der Waals surface area contributed by atoms with Crippen LogP contribution in [0.25, 0.3) is 0 Å². The van der Waals surface area contributed by atoms with Crippen LogP contribution in [0.5, 0.6) is 0 Å². The maximum Gasteiger partial charge on any atom is 0.324 e. The molecule has 2 fully saturated rings. The van der Waals surface area contributed by atoms with E-state index in [2.05, 4.69) is 17.3 Å². The van der Waals surface area contributed by atoms with Gasteiger partial charge in [-0.05, 0) is 32.4 Å². The number of hydrogen-bond acceptors (Lipinski definition) is 3. The SMILES string of the molecule is CN1CCCC(CN2C(=O)CNC2=O)C1. The van der Waals surface area contributed by atoms with E-state index in [0.717, 1.165) is 25.9 Å². The molecule has 3 amide bonds. The van der Waals surface area contributed by atoms with Gasteiger partial charge in [-0.3, -0.25) is 9.69 Å². The average molecular weight is 211 g/mol. The molecule has 1 unspecified atom stereocenters. The van der Waals surface area contributed by atoms with Gasteiger partial charge >= 0.3 is 6.03 Å². The summed E-state index contributed by atoms with van der Waals surface area (Å²) in [6.45, 7) is 2.85. The van der Waals surface area contributed by atoms with E-state index in [1.165, 1.54) is 4.90 Å². The summed E-state index contributed by atoms with van der Waals surface area (Å²) in [5.74, 6) is 0.352. The largest absolute Gasteiger partial charge is 0.329 e. The lowest BCUT2D eigenvalue weighted by Gasteiger charge is -2.31. The van der Waals surface area contributed by atoms with E-state index in [-0.39, 0.29) is 18.5 Å². The molecule has 2 saturated heterocycles. The second kappa shape index (κ2) is 4.18. The van der Waals surface area contributed by atoms with Crippen molar-refractivity contribution in [3.8, 4) is 0 Å². The van der Waals surface area contributed by atoms with Gasteiger partial charge in [-0.1, -0.05) is 0 Å². The standard InChI is InChI=1S/C10H17N3O2/c1-12-4-2-3-8(6-12)7-13-9(14)5-11-10(13)15/h8H,2-7H2,1H3,(H,11,15). The van der Waals surface area contributed by atoms with E-state index in [0.29, 0.717) is 12.5 Å². The molecular formula is C10H17N3O2. The highest BCUT2D eigenvalue weighted by atomic mass is 16.2. The van der Waals surface area contributed by atoms with Gasteiger partial charge in [-0.15, -0.1) is 0 Å². The van der Waals surface area contributed by atoms with Crippen molar-refractivity contribution in [3.05, 3.63) is 0 Å². The number of likely N-dealkylation sites (tertiary alicyclic amines) is 1. The van der Waals surface area contributed by atoms with Crippen molar-refractivity contribution in [1.29, 1.82) is 0 Å². The van der Waals surface area contributed by atoms with Crippen LogP contribution in [0.1, 0.15) is 12.8 Å².